The number of nitrogens with zero attached hydrogens (tertiary/aromatic N) is 1. The van der Waals surface area contributed by atoms with Crippen molar-refractivity contribution in [3.63, 3.8) is 0 Å². The van der Waals surface area contributed by atoms with E-state index < -0.39 is 21.5 Å². The SMILES string of the molecule is Cc1nc(-c2cccc(NC(=O)CS(=O)(=O)CCCc3ccccc3)c2)oc1C. The molecule has 1 amide bonds. The molecule has 3 aromatic rings. The van der Waals surface area contributed by atoms with Crippen LogP contribution in [-0.2, 0) is 21.1 Å². The van der Waals surface area contributed by atoms with Crippen LogP contribution in [0.15, 0.2) is 59.0 Å². The lowest BCUT2D eigenvalue weighted by molar-refractivity contribution is -0.113. The number of oxazole rings is 1. The summed E-state index contributed by atoms with van der Waals surface area (Å²) in [4.78, 5) is 16.6. The van der Waals surface area contributed by atoms with Crippen LogP contribution in [0.25, 0.3) is 11.5 Å². The van der Waals surface area contributed by atoms with Gasteiger partial charge in [-0.3, -0.25) is 4.79 Å². The number of hydrogen-bond donors (Lipinski definition) is 1. The summed E-state index contributed by atoms with van der Waals surface area (Å²) in [6.45, 7) is 3.69. The minimum atomic E-state index is -3.48. The van der Waals surface area contributed by atoms with Gasteiger partial charge in [0, 0.05) is 11.3 Å². The molecule has 0 fully saturated rings. The van der Waals surface area contributed by atoms with Crippen molar-refractivity contribution in [2.45, 2.75) is 26.7 Å². The van der Waals surface area contributed by atoms with Crippen molar-refractivity contribution in [3.05, 3.63) is 71.6 Å². The highest BCUT2D eigenvalue weighted by Gasteiger charge is 2.17. The van der Waals surface area contributed by atoms with Crippen molar-refractivity contribution >= 4 is 21.4 Å². The first kappa shape index (κ1) is 20.8. The van der Waals surface area contributed by atoms with Crippen LogP contribution in [0.1, 0.15) is 23.4 Å². The van der Waals surface area contributed by atoms with Crippen molar-refractivity contribution in [2.24, 2.45) is 0 Å². The van der Waals surface area contributed by atoms with Crippen molar-refractivity contribution in [1.29, 1.82) is 0 Å². The van der Waals surface area contributed by atoms with Crippen molar-refractivity contribution in [2.75, 3.05) is 16.8 Å². The highest BCUT2D eigenvalue weighted by Crippen LogP contribution is 2.24. The number of hydrogen-bond acceptors (Lipinski definition) is 5. The van der Waals surface area contributed by atoms with E-state index in [1.807, 2.05) is 50.2 Å². The van der Waals surface area contributed by atoms with E-state index in [0.29, 0.717) is 30.0 Å². The van der Waals surface area contributed by atoms with Gasteiger partial charge in [0.25, 0.3) is 0 Å². The van der Waals surface area contributed by atoms with E-state index >= 15 is 0 Å². The van der Waals surface area contributed by atoms with E-state index in [2.05, 4.69) is 10.3 Å². The Balaban J connectivity index is 1.56. The summed E-state index contributed by atoms with van der Waals surface area (Å²) < 4.78 is 30.1. The maximum atomic E-state index is 12.3. The second-order valence-corrected chi connectivity index (χ2v) is 9.15. The van der Waals surface area contributed by atoms with E-state index in [9.17, 15) is 13.2 Å². The molecule has 0 aliphatic heterocycles. The van der Waals surface area contributed by atoms with Crippen LogP contribution in [0.3, 0.4) is 0 Å². The molecule has 29 heavy (non-hydrogen) atoms. The Labute approximate surface area is 170 Å². The summed E-state index contributed by atoms with van der Waals surface area (Å²) in [5.74, 6) is 0.0790. The van der Waals surface area contributed by atoms with E-state index in [1.165, 1.54) is 0 Å². The van der Waals surface area contributed by atoms with Crippen LogP contribution in [0, 0.1) is 13.8 Å². The zero-order valence-corrected chi connectivity index (χ0v) is 17.3. The van der Waals surface area contributed by atoms with Gasteiger partial charge in [0.1, 0.15) is 11.5 Å². The third-order valence-electron chi connectivity index (χ3n) is 4.54. The minimum absolute atomic E-state index is 0.0236. The maximum absolute atomic E-state index is 12.3. The van der Waals surface area contributed by atoms with Gasteiger partial charge < -0.3 is 9.73 Å². The number of nitrogens with one attached hydrogen (secondary N) is 1. The highest BCUT2D eigenvalue weighted by molar-refractivity contribution is 7.92. The summed E-state index contributed by atoms with van der Waals surface area (Å²) in [5.41, 5.74) is 3.10. The lowest BCUT2D eigenvalue weighted by atomic mass is 10.1. The third kappa shape index (κ3) is 6.02. The molecule has 0 saturated carbocycles. The van der Waals surface area contributed by atoms with E-state index in [1.54, 1.807) is 18.2 Å². The highest BCUT2D eigenvalue weighted by atomic mass is 32.2. The van der Waals surface area contributed by atoms with Crippen LogP contribution in [0.5, 0.6) is 0 Å². The number of carbonyl (C=O) groups is 1. The normalized spacial score (nSPS) is 11.4. The van der Waals surface area contributed by atoms with Gasteiger partial charge in [-0.25, -0.2) is 13.4 Å². The quantitative estimate of drug-likeness (QED) is 0.605. The zero-order valence-electron chi connectivity index (χ0n) is 16.5. The van der Waals surface area contributed by atoms with Crippen LogP contribution < -0.4 is 5.32 Å². The average Bonchev–Trinajstić information content (AvgIpc) is 3.01. The number of carbonyl (C=O) groups excluding carboxylic acids is 1. The molecule has 0 atom stereocenters. The third-order valence-corrected chi connectivity index (χ3v) is 6.15. The molecule has 0 bridgehead atoms. The molecule has 1 aromatic heterocycles. The molecule has 6 nitrogen and oxygen atoms in total. The van der Waals surface area contributed by atoms with Gasteiger partial charge >= 0.3 is 0 Å². The Kier molecular flexibility index (Phi) is 6.49. The topological polar surface area (TPSA) is 89.3 Å². The fourth-order valence-corrected chi connectivity index (χ4v) is 4.14. The molecule has 7 heteroatoms. The number of anilines is 1. The number of benzene rings is 2. The van der Waals surface area contributed by atoms with Crippen LogP contribution in [-0.4, -0.2) is 30.8 Å². The molecule has 0 spiro atoms. The standard InChI is InChI=1S/C22H24N2O4S/c1-16-17(2)28-22(23-16)19-11-6-12-20(14-19)24-21(25)15-29(26,27)13-7-10-18-8-4-3-5-9-18/h3-6,8-9,11-12,14H,7,10,13,15H2,1-2H3,(H,24,25). The van der Waals surface area contributed by atoms with Crippen LogP contribution in [0.4, 0.5) is 5.69 Å². The molecule has 0 aliphatic carbocycles. The predicted molar refractivity (Wildman–Crippen MR) is 113 cm³/mol. The second-order valence-electron chi connectivity index (χ2n) is 6.97. The van der Waals surface area contributed by atoms with Gasteiger partial charge in [0.2, 0.25) is 11.8 Å². The number of amides is 1. The van der Waals surface area contributed by atoms with Gasteiger partial charge in [-0.2, -0.15) is 0 Å². The molecule has 0 unspecified atom stereocenters. The number of aryl methyl sites for hydroxylation is 3. The summed E-state index contributed by atoms with van der Waals surface area (Å²) >= 11 is 0. The Morgan fingerprint density at radius 2 is 1.83 bits per heavy atom. The molecule has 0 radical (unpaired) electrons. The fraction of sp³-hybridized carbons (Fsp3) is 0.273. The summed E-state index contributed by atoms with van der Waals surface area (Å²) in [7, 11) is -3.48. The van der Waals surface area contributed by atoms with Gasteiger partial charge in [-0.15, -0.1) is 0 Å². The molecular formula is C22H24N2O4S. The minimum Gasteiger partial charge on any atom is -0.441 e. The van der Waals surface area contributed by atoms with Crippen molar-refractivity contribution in [1.82, 2.24) is 4.98 Å². The van der Waals surface area contributed by atoms with Gasteiger partial charge in [-0.1, -0.05) is 36.4 Å². The zero-order chi connectivity index (χ0) is 20.9. The first-order chi connectivity index (χ1) is 13.8. The second kappa shape index (κ2) is 9.05. The average molecular weight is 413 g/mol. The fourth-order valence-electron chi connectivity index (χ4n) is 2.94. The molecule has 1 heterocycles. The summed E-state index contributed by atoms with van der Waals surface area (Å²) in [6.07, 6.45) is 1.15. The Morgan fingerprint density at radius 1 is 1.07 bits per heavy atom. The lowest BCUT2D eigenvalue weighted by Gasteiger charge is -2.07. The summed E-state index contributed by atoms with van der Waals surface area (Å²) in [6, 6.07) is 16.7. The van der Waals surface area contributed by atoms with Gasteiger partial charge in [-0.05, 0) is 50.5 Å². The predicted octanol–water partition coefficient (Wildman–Crippen LogP) is 3.94. The molecule has 2 aromatic carbocycles. The number of rotatable bonds is 8. The van der Waals surface area contributed by atoms with Crippen molar-refractivity contribution < 1.29 is 17.6 Å². The number of sulfone groups is 1. The smallest absolute Gasteiger partial charge is 0.239 e. The van der Waals surface area contributed by atoms with E-state index in [0.717, 1.165) is 17.0 Å². The Morgan fingerprint density at radius 3 is 2.52 bits per heavy atom. The van der Waals surface area contributed by atoms with Crippen LogP contribution >= 0.6 is 0 Å². The molecular weight excluding hydrogens is 388 g/mol. The molecule has 3 rings (SSSR count). The van der Waals surface area contributed by atoms with Crippen LogP contribution in [0.2, 0.25) is 0 Å². The van der Waals surface area contributed by atoms with Gasteiger partial charge in [0.15, 0.2) is 9.84 Å². The Bertz CT molecular complexity index is 1070. The molecule has 1 N–H and O–H groups in total. The maximum Gasteiger partial charge on any atom is 0.239 e. The van der Waals surface area contributed by atoms with E-state index in [4.69, 9.17) is 4.42 Å². The monoisotopic (exact) mass is 412 g/mol. The summed E-state index contributed by atoms with van der Waals surface area (Å²) in [5, 5.41) is 2.65. The first-order valence-corrected chi connectivity index (χ1v) is 11.2. The molecule has 152 valence electrons. The van der Waals surface area contributed by atoms with Gasteiger partial charge in [0.05, 0.1) is 11.4 Å². The number of aromatic nitrogens is 1. The first-order valence-electron chi connectivity index (χ1n) is 9.41. The lowest BCUT2D eigenvalue weighted by Crippen LogP contribution is -2.24. The van der Waals surface area contributed by atoms with Crippen molar-refractivity contribution in [3.8, 4) is 11.5 Å². The molecule has 0 aliphatic rings. The largest absolute Gasteiger partial charge is 0.441 e. The Hall–Kier alpha value is -2.93. The molecule has 0 saturated heterocycles. The van der Waals surface area contributed by atoms with E-state index in [-0.39, 0.29) is 5.75 Å².